The molecule has 1 heterocycles. The van der Waals surface area contributed by atoms with Crippen LogP contribution in [0.25, 0.3) is 0 Å². The number of nitrogens with zero attached hydrogens (tertiary/aromatic N) is 1. The van der Waals surface area contributed by atoms with Crippen LogP contribution in [0.3, 0.4) is 0 Å². The highest BCUT2D eigenvalue weighted by Crippen LogP contribution is 2.21. The molecule has 4 nitrogen and oxygen atoms in total. The van der Waals surface area contributed by atoms with E-state index in [-0.39, 0.29) is 0 Å². The monoisotopic (exact) mass is 266 g/mol. The Kier molecular flexibility index (Phi) is 8.18. The van der Waals surface area contributed by atoms with Crippen LogP contribution in [0.1, 0.15) is 44.7 Å². The van der Waals surface area contributed by atoms with Crippen LogP contribution in [0.15, 0.2) is 18.5 Å². The van der Waals surface area contributed by atoms with E-state index in [1.165, 1.54) is 5.56 Å². The van der Waals surface area contributed by atoms with E-state index in [4.69, 9.17) is 9.47 Å². The van der Waals surface area contributed by atoms with Gasteiger partial charge in [-0.1, -0.05) is 6.92 Å². The molecule has 1 unspecified atom stereocenters. The van der Waals surface area contributed by atoms with Crippen LogP contribution in [-0.2, 0) is 4.74 Å². The van der Waals surface area contributed by atoms with Crippen LogP contribution in [0.5, 0.6) is 5.75 Å². The molecule has 0 spiro atoms. The Morgan fingerprint density at radius 1 is 1.26 bits per heavy atom. The Morgan fingerprint density at radius 2 is 2.11 bits per heavy atom. The second-order valence-electron chi connectivity index (χ2n) is 4.48. The molecule has 0 aliphatic rings. The van der Waals surface area contributed by atoms with E-state index < -0.39 is 0 Å². The topological polar surface area (TPSA) is 43.4 Å². The molecule has 1 rings (SSSR count). The van der Waals surface area contributed by atoms with E-state index in [0.717, 1.165) is 44.8 Å². The Morgan fingerprint density at radius 3 is 2.79 bits per heavy atom. The maximum absolute atomic E-state index is 5.62. The third-order valence-corrected chi connectivity index (χ3v) is 2.94. The lowest BCUT2D eigenvalue weighted by Gasteiger charge is -2.17. The third kappa shape index (κ3) is 6.03. The van der Waals surface area contributed by atoms with Crippen molar-refractivity contribution in [3.8, 4) is 5.75 Å². The summed E-state index contributed by atoms with van der Waals surface area (Å²) in [6, 6.07) is 2.38. The molecule has 0 amide bonds. The maximum Gasteiger partial charge on any atom is 0.137 e. The summed E-state index contributed by atoms with van der Waals surface area (Å²) in [6.07, 6.45) is 6.76. The number of nitrogens with one attached hydrogen (secondary N) is 1. The first kappa shape index (κ1) is 15.9. The van der Waals surface area contributed by atoms with Gasteiger partial charge in [-0.2, -0.15) is 0 Å². The van der Waals surface area contributed by atoms with Gasteiger partial charge in [-0.3, -0.25) is 4.98 Å². The van der Waals surface area contributed by atoms with Gasteiger partial charge < -0.3 is 14.8 Å². The average Bonchev–Trinajstić information content (AvgIpc) is 2.45. The van der Waals surface area contributed by atoms with Gasteiger partial charge in [0.1, 0.15) is 5.75 Å². The van der Waals surface area contributed by atoms with Crippen molar-refractivity contribution in [2.24, 2.45) is 0 Å². The molecular weight excluding hydrogens is 240 g/mol. The molecule has 19 heavy (non-hydrogen) atoms. The number of pyridine rings is 1. The number of aromatic nitrogens is 1. The lowest BCUT2D eigenvalue weighted by molar-refractivity contribution is 0.141. The predicted molar refractivity (Wildman–Crippen MR) is 77.6 cm³/mol. The number of ether oxygens (including phenoxy) is 2. The molecule has 108 valence electrons. The van der Waals surface area contributed by atoms with Crippen molar-refractivity contribution in [3.05, 3.63) is 24.0 Å². The fraction of sp³-hybridized carbons (Fsp3) is 0.667. The van der Waals surface area contributed by atoms with Crippen molar-refractivity contribution in [3.63, 3.8) is 0 Å². The molecule has 1 aromatic rings. The highest BCUT2D eigenvalue weighted by molar-refractivity contribution is 5.26. The molecule has 0 aliphatic heterocycles. The molecule has 0 saturated carbocycles. The summed E-state index contributed by atoms with van der Waals surface area (Å²) in [7, 11) is 1.98. The normalized spacial score (nSPS) is 12.4. The van der Waals surface area contributed by atoms with Gasteiger partial charge in [-0.05, 0) is 44.9 Å². The largest absolute Gasteiger partial charge is 0.492 e. The van der Waals surface area contributed by atoms with Crippen LogP contribution in [0.4, 0.5) is 0 Å². The summed E-state index contributed by atoms with van der Waals surface area (Å²) in [5, 5.41) is 3.33. The fourth-order valence-corrected chi connectivity index (χ4v) is 1.94. The van der Waals surface area contributed by atoms with Crippen molar-refractivity contribution in [1.82, 2.24) is 10.3 Å². The first-order chi connectivity index (χ1) is 9.31. The Balaban J connectivity index is 2.54. The highest BCUT2D eigenvalue weighted by atomic mass is 16.5. The van der Waals surface area contributed by atoms with Crippen LogP contribution in [0, 0.1) is 0 Å². The summed E-state index contributed by atoms with van der Waals surface area (Å²) in [5.41, 5.74) is 1.17. The Bertz CT molecular complexity index is 345. The molecule has 4 heteroatoms. The van der Waals surface area contributed by atoms with E-state index in [9.17, 15) is 0 Å². The highest BCUT2D eigenvalue weighted by Gasteiger charge is 2.10. The number of hydrogen-bond acceptors (Lipinski definition) is 4. The first-order valence-corrected chi connectivity index (χ1v) is 7.14. The van der Waals surface area contributed by atoms with Gasteiger partial charge in [-0.15, -0.1) is 0 Å². The van der Waals surface area contributed by atoms with Crippen molar-refractivity contribution >= 4 is 0 Å². The van der Waals surface area contributed by atoms with Crippen molar-refractivity contribution < 1.29 is 9.47 Å². The van der Waals surface area contributed by atoms with Crippen LogP contribution < -0.4 is 10.1 Å². The van der Waals surface area contributed by atoms with Gasteiger partial charge in [0.25, 0.3) is 0 Å². The minimum Gasteiger partial charge on any atom is -0.492 e. The standard InChI is InChI=1S/C15H26N2O2/c1-4-8-19-14-10-13(11-17-12-14)15(16-3)7-6-9-18-5-2/h10-12,15-16H,4-9H2,1-3H3. The van der Waals surface area contributed by atoms with Crippen LogP contribution in [0.2, 0.25) is 0 Å². The lowest BCUT2D eigenvalue weighted by atomic mass is 10.0. The van der Waals surface area contributed by atoms with Gasteiger partial charge in [0.2, 0.25) is 0 Å². The van der Waals surface area contributed by atoms with Gasteiger partial charge in [-0.25, -0.2) is 0 Å². The molecule has 1 N–H and O–H groups in total. The smallest absolute Gasteiger partial charge is 0.137 e. The SMILES string of the molecule is CCCOc1cncc(C(CCCOCC)NC)c1. The molecule has 0 bridgehead atoms. The quantitative estimate of drug-likeness (QED) is 0.661. The maximum atomic E-state index is 5.62. The molecule has 0 radical (unpaired) electrons. The Hall–Kier alpha value is -1.13. The van der Waals surface area contributed by atoms with Crippen molar-refractivity contribution in [2.75, 3.05) is 26.9 Å². The zero-order valence-corrected chi connectivity index (χ0v) is 12.3. The minimum absolute atomic E-state index is 0.304. The molecule has 1 aromatic heterocycles. The van der Waals surface area contributed by atoms with Gasteiger partial charge in [0.05, 0.1) is 12.8 Å². The van der Waals surface area contributed by atoms with Crippen LogP contribution in [-0.4, -0.2) is 31.9 Å². The summed E-state index contributed by atoms with van der Waals surface area (Å²) in [6.45, 7) is 6.45. The van der Waals surface area contributed by atoms with E-state index in [1.807, 2.05) is 20.2 Å². The Labute approximate surface area is 116 Å². The van der Waals surface area contributed by atoms with Gasteiger partial charge >= 0.3 is 0 Å². The molecule has 0 aliphatic carbocycles. The van der Waals surface area contributed by atoms with Crippen LogP contribution >= 0.6 is 0 Å². The minimum atomic E-state index is 0.304. The molecule has 0 fully saturated rings. The fourth-order valence-electron chi connectivity index (χ4n) is 1.94. The van der Waals surface area contributed by atoms with Crippen molar-refractivity contribution in [2.45, 2.75) is 39.2 Å². The molecule has 0 saturated heterocycles. The number of rotatable bonds is 10. The van der Waals surface area contributed by atoms with Gasteiger partial charge in [0, 0.05) is 25.5 Å². The lowest BCUT2D eigenvalue weighted by Crippen LogP contribution is -2.17. The molecule has 1 atom stereocenters. The second kappa shape index (κ2) is 9.75. The second-order valence-corrected chi connectivity index (χ2v) is 4.48. The van der Waals surface area contributed by atoms with E-state index in [2.05, 4.69) is 23.3 Å². The summed E-state index contributed by atoms with van der Waals surface area (Å²) in [5.74, 6) is 0.851. The zero-order chi connectivity index (χ0) is 13.9. The van der Waals surface area contributed by atoms with Crippen molar-refractivity contribution in [1.29, 1.82) is 0 Å². The third-order valence-electron chi connectivity index (χ3n) is 2.94. The molecule has 0 aromatic carbocycles. The predicted octanol–water partition coefficient (Wildman–Crippen LogP) is 2.95. The summed E-state index contributed by atoms with van der Waals surface area (Å²) < 4.78 is 11.0. The summed E-state index contributed by atoms with van der Waals surface area (Å²) >= 11 is 0. The number of hydrogen-bond donors (Lipinski definition) is 1. The van der Waals surface area contributed by atoms with E-state index in [0.29, 0.717) is 6.04 Å². The van der Waals surface area contributed by atoms with E-state index in [1.54, 1.807) is 6.20 Å². The average molecular weight is 266 g/mol. The van der Waals surface area contributed by atoms with E-state index >= 15 is 0 Å². The first-order valence-electron chi connectivity index (χ1n) is 7.14. The summed E-state index contributed by atoms with van der Waals surface area (Å²) in [4.78, 5) is 4.25. The zero-order valence-electron chi connectivity index (χ0n) is 12.3. The van der Waals surface area contributed by atoms with Gasteiger partial charge in [0.15, 0.2) is 0 Å². The molecular formula is C15H26N2O2.